The van der Waals surface area contributed by atoms with Crippen LogP contribution in [0.15, 0.2) is 54.7 Å². The molecule has 0 saturated carbocycles. The maximum Gasteiger partial charge on any atom is 0.412 e. The molecule has 10 nitrogen and oxygen atoms in total. The van der Waals surface area contributed by atoms with Crippen molar-refractivity contribution in [3.8, 4) is 12.3 Å². The first-order valence-corrected chi connectivity index (χ1v) is 9.36. The summed E-state index contributed by atoms with van der Waals surface area (Å²) in [6.45, 7) is 0.295. The highest BCUT2D eigenvalue weighted by Crippen LogP contribution is 2.19. The number of nitrogens with one attached hydrogen (secondary N) is 2. The number of benzene rings is 1. The number of tetrazole rings is 1. The Labute approximate surface area is 179 Å². The Kier molecular flexibility index (Phi) is 7.68. The predicted octanol–water partition coefficient (Wildman–Crippen LogP) is 2.29. The number of aryl methyl sites for hydroxylation is 1. The van der Waals surface area contributed by atoms with E-state index in [4.69, 9.17) is 16.0 Å². The first-order chi connectivity index (χ1) is 15.2. The summed E-state index contributed by atoms with van der Waals surface area (Å²) in [6.07, 6.45) is 6.53. The molecule has 1 aromatic carbocycles. The molecule has 31 heavy (non-hydrogen) atoms. The molecule has 0 spiro atoms. The smallest absolute Gasteiger partial charge is 0.412 e. The normalized spacial score (nSPS) is 10.9. The minimum atomic E-state index is -0.619. The van der Waals surface area contributed by atoms with Crippen LogP contribution in [0.25, 0.3) is 5.57 Å². The minimum absolute atomic E-state index is 0.145. The molecule has 0 aliphatic carbocycles. The SMILES string of the molecule is C#CCCOC(=O)Nc1cccc(CON/C=C(/c2ccccc2)c2nnnn2C)n1. The largest absolute Gasteiger partial charge is 0.448 e. The fourth-order valence-corrected chi connectivity index (χ4v) is 2.54. The molecule has 1 amide bonds. The van der Waals surface area contributed by atoms with Crippen molar-refractivity contribution in [3.63, 3.8) is 0 Å². The van der Waals surface area contributed by atoms with Gasteiger partial charge >= 0.3 is 6.09 Å². The lowest BCUT2D eigenvalue weighted by molar-refractivity contribution is 0.0558. The molecule has 0 radical (unpaired) electrons. The van der Waals surface area contributed by atoms with Gasteiger partial charge in [-0.1, -0.05) is 36.4 Å². The van der Waals surface area contributed by atoms with Crippen LogP contribution in [0.1, 0.15) is 23.5 Å². The van der Waals surface area contributed by atoms with Crippen LogP contribution < -0.4 is 10.8 Å². The molecular formula is C21H21N7O3. The Balaban J connectivity index is 1.60. The van der Waals surface area contributed by atoms with Crippen LogP contribution in [0.3, 0.4) is 0 Å². The van der Waals surface area contributed by atoms with Gasteiger partial charge in [0.05, 0.1) is 5.69 Å². The van der Waals surface area contributed by atoms with Gasteiger partial charge in [0.25, 0.3) is 0 Å². The fourth-order valence-electron chi connectivity index (χ4n) is 2.54. The number of nitrogens with zero attached hydrogens (tertiary/aromatic N) is 5. The van der Waals surface area contributed by atoms with Crippen molar-refractivity contribution in [2.24, 2.45) is 7.05 Å². The summed E-state index contributed by atoms with van der Waals surface area (Å²) in [5, 5.41) is 14.2. The van der Waals surface area contributed by atoms with Gasteiger partial charge in [-0.2, -0.15) is 0 Å². The van der Waals surface area contributed by atoms with Crippen LogP contribution in [-0.4, -0.2) is 37.9 Å². The number of anilines is 1. The zero-order chi connectivity index (χ0) is 21.9. The van der Waals surface area contributed by atoms with Gasteiger partial charge in [0.1, 0.15) is 19.0 Å². The van der Waals surface area contributed by atoms with E-state index >= 15 is 0 Å². The summed E-state index contributed by atoms with van der Waals surface area (Å²) in [7, 11) is 1.76. The maximum absolute atomic E-state index is 11.7. The van der Waals surface area contributed by atoms with Crippen molar-refractivity contribution in [2.75, 3.05) is 11.9 Å². The Morgan fingerprint density at radius 3 is 2.81 bits per heavy atom. The second-order valence-electron chi connectivity index (χ2n) is 6.19. The number of hydrogen-bond acceptors (Lipinski definition) is 8. The van der Waals surface area contributed by atoms with Gasteiger partial charge in [0.15, 0.2) is 5.82 Å². The first-order valence-electron chi connectivity index (χ1n) is 9.36. The standard InChI is InChI=1S/C21H21N7O3/c1-3-4-13-30-21(29)24-19-12-8-11-17(23-19)15-31-22-14-18(16-9-6-5-7-10-16)20-25-26-27-28(20)2/h1,5-12,14,22H,4,13,15H2,2H3,(H,23,24,29)/b18-14-. The molecular weight excluding hydrogens is 398 g/mol. The maximum atomic E-state index is 11.7. The third-order valence-corrected chi connectivity index (χ3v) is 3.97. The molecule has 0 saturated heterocycles. The molecule has 0 unspecified atom stereocenters. The molecule has 10 heteroatoms. The Hall–Kier alpha value is -4.23. The van der Waals surface area contributed by atoms with Crippen LogP contribution in [0.4, 0.5) is 10.6 Å². The van der Waals surface area contributed by atoms with Gasteiger partial charge < -0.3 is 4.74 Å². The Morgan fingerprint density at radius 2 is 2.06 bits per heavy atom. The summed E-state index contributed by atoms with van der Waals surface area (Å²) in [5.74, 6) is 3.32. The Bertz CT molecular complexity index is 1070. The number of pyridine rings is 1. The van der Waals surface area contributed by atoms with Crippen molar-refractivity contribution in [3.05, 3.63) is 71.8 Å². The number of hydroxylamine groups is 1. The second-order valence-corrected chi connectivity index (χ2v) is 6.19. The van der Waals surface area contributed by atoms with Crippen LogP contribution in [0, 0.1) is 12.3 Å². The lowest BCUT2D eigenvalue weighted by Gasteiger charge is -2.09. The molecule has 3 aromatic rings. The number of terminal acetylenes is 1. The van der Waals surface area contributed by atoms with E-state index in [0.29, 0.717) is 23.8 Å². The van der Waals surface area contributed by atoms with Gasteiger partial charge in [-0.15, -0.1) is 17.4 Å². The predicted molar refractivity (Wildman–Crippen MR) is 113 cm³/mol. The van der Waals surface area contributed by atoms with Crippen LogP contribution in [0.2, 0.25) is 0 Å². The molecule has 0 fully saturated rings. The highest BCUT2D eigenvalue weighted by Gasteiger charge is 2.11. The average molecular weight is 419 g/mol. The van der Waals surface area contributed by atoms with E-state index in [-0.39, 0.29) is 13.2 Å². The van der Waals surface area contributed by atoms with Crippen molar-refractivity contribution in [1.82, 2.24) is 30.7 Å². The van der Waals surface area contributed by atoms with Gasteiger partial charge in [-0.25, -0.2) is 14.5 Å². The molecule has 0 aliphatic heterocycles. The van der Waals surface area contributed by atoms with E-state index in [9.17, 15) is 4.79 Å². The van der Waals surface area contributed by atoms with E-state index < -0.39 is 6.09 Å². The summed E-state index contributed by atoms with van der Waals surface area (Å²) in [6, 6.07) is 14.8. The van der Waals surface area contributed by atoms with Crippen LogP contribution in [0.5, 0.6) is 0 Å². The van der Waals surface area contributed by atoms with Crippen LogP contribution >= 0.6 is 0 Å². The number of amides is 1. The van der Waals surface area contributed by atoms with Crippen LogP contribution in [-0.2, 0) is 23.2 Å². The van der Waals surface area contributed by atoms with E-state index in [1.807, 2.05) is 30.3 Å². The number of carbonyl (C=O) groups is 1. The monoisotopic (exact) mass is 419 g/mol. The third-order valence-electron chi connectivity index (χ3n) is 3.97. The van der Waals surface area contributed by atoms with Gasteiger partial charge in [-0.3, -0.25) is 15.6 Å². The van der Waals surface area contributed by atoms with Gasteiger partial charge in [0, 0.05) is 25.2 Å². The van der Waals surface area contributed by atoms with E-state index in [1.54, 1.807) is 36.1 Å². The van der Waals surface area contributed by atoms with Crippen molar-refractivity contribution in [2.45, 2.75) is 13.0 Å². The zero-order valence-electron chi connectivity index (χ0n) is 16.9. The minimum Gasteiger partial charge on any atom is -0.448 e. The number of aromatic nitrogens is 5. The lowest BCUT2D eigenvalue weighted by atomic mass is 10.1. The quantitative estimate of drug-likeness (QED) is 0.308. The molecule has 0 aliphatic rings. The molecule has 2 N–H and O–H groups in total. The first kappa shape index (κ1) is 21.5. The number of carbonyl (C=O) groups excluding carboxylic acids is 1. The molecule has 2 aromatic heterocycles. The fraction of sp³-hybridized carbons (Fsp3) is 0.190. The van der Waals surface area contributed by atoms with Crippen molar-refractivity contribution < 1.29 is 14.4 Å². The van der Waals surface area contributed by atoms with E-state index in [0.717, 1.165) is 11.1 Å². The second kappa shape index (κ2) is 11.1. The Morgan fingerprint density at radius 1 is 1.23 bits per heavy atom. The van der Waals surface area contributed by atoms with Gasteiger partial charge in [0.2, 0.25) is 0 Å². The third kappa shape index (κ3) is 6.38. The topological polar surface area (TPSA) is 116 Å². The molecule has 0 bridgehead atoms. The van der Waals surface area contributed by atoms with Gasteiger partial charge in [-0.05, 0) is 28.1 Å². The molecule has 2 heterocycles. The number of rotatable bonds is 9. The molecule has 3 rings (SSSR count). The van der Waals surface area contributed by atoms with E-state index in [1.165, 1.54) is 0 Å². The lowest BCUT2D eigenvalue weighted by Crippen LogP contribution is -2.16. The highest BCUT2D eigenvalue weighted by molar-refractivity contribution is 5.83. The van der Waals surface area contributed by atoms with E-state index in [2.05, 4.69) is 37.2 Å². The summed E-state index contributed by atoms with van der Waals surface area (Å²) in [5.41, 5.74) is 5.08. The highest BCUT2D eigenvalue weighted by atomic mass is 16.6. The summed E-state index contributed by atoms with van der Waals surface area (Å²) < 4.78 is 6.51. The van der Waals surface area contributed by atoms with Crippen molar-refractivity contribution >= 4 is 17.5 Å². The zero-order valence-corrected chi connectivity index (χ0v) is 16.9. The summed E-state index contributed by atoms with van der Waals surface area (Å²) >= 11 is 0. The summed E-state index contributed by atoms with van der Waals surface area (Å²) in [4.78, 5) is 21.5. The number of ether oxygens (including phenoxy) is 1. The molecule has 158 valence electrons. The number of hydrogen-bond donors (Lipinski definition) is 2. The van der Waals surface area contributed by atoms with Crippen molar-refractivity contribution in [1.29, 1.82) is 0 Å². The molecule has 0 atom stereocenters. The average Bonchev–Trinajstić information content (AvgIpc) is 3.20.